The fourth-order valence-electron chi connectivity index (χ4n) is 1.59. The summed E-state index contributed by atoms with van der Waals surface area (Å²) in [5, 5.41) is 0. The summed E-state index contributed by atoms with van der Waals surface area (Å²) in [7, 11) is 0. The molecule has 18 heavy (non-hydrogen) atoms. The van der Waals surface area contributed by atoms with E-state index in [0.29, 0.717) is 11.3 Å². The monoisotopic (exact) mass is 242 g/mol. The predicted molar refractivity (Wildman–Crippen MR) is 68.9 cm³/mol. The normalized spacial score (nSPS) is 11.8. The van der Waals surface area contributed by atoms with Crippen molar-refractivity contribution in [2.75, 3.05) is 5.73 Å². The van der Waals surface area contributed by atoms with Gasteiger partial charge in [0.2, 0.25) is 0 Å². The minimum atomic E-state index is -0.425. The minimum Gasteiger partial charge on any atom is -0.454 e. The van der Waals surface area contributed by atoms with Gasteiger partial charge in [-0.15, -0.1) is 0 Å². The number of carbonyl (C=O) groups is 1. The van der Waals surface area contributed by atoms with Gasteiger partial charge < -0.3 is 10.5 Å². The fraction of sp³-hybridized carbons (Fsp3) is 0.143. The molecule has 1 aromatic heterocycles. The summed E-state index contributed by atoms with van der Waals surface area (Å²) in [6, 6.07) is 11.1. The van der Waals surface area contributed by atoms with Crippen LogP contribution in [0.5, 0.6) is 0 Å². The zero-order valence-electron chi connectivity index (χ0n) is 10.0. The summed E-state index contributed by atoms with van der Waals surface area (Å²) in [5.74, 6) is -0.425. The van der Waals surface area contributed by atoms with Crippen LogP contribution < -0.4 is 5.73 Å². The fourth-order valence-corrected chi connectivity index (χ4v) is 1.59. The van der Waals surface area contributed by atoms with Crippen molar-refractivity contribution in [3.05, 3.63) is 59.9 Å². The second-order valence-electron chi connectivity index (χ2n) is 3.97. The molecule has 2 aromatic rings. The molecule has 1 aromatic carbocycles. The number of aromatic nitrogens is 1. The number of ether oxygens (including phenoxy) is 1. The maximum atomic E-state index is 11.9. The Kier molecular flexibility index (Phi) is 3.57. The van der Waals surface area contributed by atoms with Crippen LogP contribution in [0, 0.1) is 0 Å². The Morgan fingerprint density at radius 1 is 1.28 bits per heavy atom. The van der Waals surface area contributed by atoms with E-state index in [1.165, 1.54) is 12.4 Å². The van der Waals surface area contributed by atoms with Crippen molar-refractivity contribution >= 4 is 11.7 Å². The number of hydrogen-bond acceptors (Lipinski definition) is 4. The van der Waals surface area contributed by atoms with Gasteiger partial charge in [0.15, 0.2) is 0 Å². The zero-order valence-corrected chi connectivity index (χ0v) is 10.0. The second kappa shape index (κ2) is 5.31. The Balaban J connectivity index is 2.08. The van der Waals surface area contributed by atoms with Crippen molar-refractivity contribution in [2.24, 2.45) is 0 Å². The van der Waals surface area contributed by atoms with Gasteiger partial charge in [0.1, 0.15) is 6.10 Å². The Labute approximate surface area is 105 Å². The molecule has 92 valence electrons. The van der Waals surface area contributed by atoms with E-state index in [1.54, 1.807) is 6.07 Å². The van der Waals surface area contributed by atoms with Gasteiger partial charge in [0.25, 0.3) is 0 Å². The lowest BCUT2D eigenvalue weighted by Gasteiger charge is -2.13. The summed E-state index contributed by atoms with van der Waals surface area (Å²) in [4.78, 5) is 15.7. The molecule has 0 saturated carbocycles. The van der Waals surface area contributed by atoms with Crippen molar-refractivity contribution in [3.63, 3.8) is 0 Å². The van der Waals surface area contributed by atoms with Crippen molar-refractivity contribution in [1.29, 1.82) is 0 Å². The molecule has 1 atom stereocenters. The van der Waals surface area contributed by atoms with Gasteiger partial charge in [-0.25, -0.2) is 4.79 Å². The van der Waals surface area contributed by atoms with E-state index in [1.807, 2.05) is 37.3 Å². The molecule has 0 aliphatic rings. The number of benzene rings is 1. The van der Waals surface area contributed by atoms with Gasteiger partial charge in [0, 0.05) is 12.4 Å². The number of pyridine rings is 1. The van der Waals surface area contributed by atoms with Crippen LogP contribution in [0.15, 0.2) is 48.8 Å². The Hall–Kier alpha value is -2.36. The van der Waals surface area contributed by atoms with Gasteiger partial charge >= 0.3 is 5.97 Å². The molecule has 1 heterocycles. The number of esters is 1. The number of anilines is 1. The van der Waals surface area contributed by atoms with Crippen molar-refractivity contribution < 1.29 is 9.53 Å². The molecule has 0 fully saturated rings. The molecule has 0 spiro atoms. The molecule has 0 aliphatic carbocycles. The van der Waals surface area contributed by atoms with Crippen LogP contribution in [0.4, 0.5) is 5.69 Å². The van der Waals surface area contributed by atoms with Gasteiger partial charge in [-0.2, -0.15) is 0 Å². The van der Waals surface area contributed by atoms with Crippen molar-refractivity contribution in [3.8, 4) is 0 Å². The van der Waals surface area contributed by atoms with Crippen LogP contribution in [0.25, 0.3) is 0 Å². The lowest BCUT2D eigenvalue weighted by atomic mass is 10.1. The first-order valence-electron chi connectivity index (χ1n) is 5.63. The third kappa shape index (κ3) is 2.85. The number of nitrogens with zero attached hydrogens (tertiary/aromatic N) is 1. The summed E-state index contributed by atoms with van der Waals surface area (Å²) in [6.45, 7) is 1.83. The topological polar surface area (TPSA) is 65.2 Å². The molecular formula is C14H14N2O2. The molecule has 4 heteroatoms. The summed E-state index contributed by atoms with van der Waals surface area (Å²) in [6.07, 6.45) is 2.62. The lowest BCUT2D eigenvalue weighted by molar-refractivity contribution is 0.0337. The first-order valence-corrected chi connectivity index (χ1v) is 5.63. The molecule has 1 unspecified atom stereocenters. The predicted octanol–water partition coefficient (Wildman–Crippen LogP) is 2.58. The van der Waals surface area contributed by atoms with Crippen LogP contribution in [-0.2, 0) is 4.74 Å². The standard InChI is InChI=1S/C14H14N2O2/c1-10(11-5-3-2-4-6-11)18-14(17)12-7-13(15)9-16-8-12/h2-10H,15H2,1H3. The van der Waals surface area contributed by atoms with Crippen LogP contribution in [0.3, 0.4) is 0 Å². The molecule has 0 saturated heterocycles. The van der Waals surface area contributed by atoms with E-state index in [9.17, 15) is 4.79 Å². The van der Waals surface area contributed by atoms with Crippen molar-refractivity contribution in [1.82, 2.24) is 4.98 Å². The van der Waals surface area contributed by atoms with Crippen LogP contribution in [0.2, 0.25) is 0 Å². The van der Waals surface area contributed by atoms with Gasteiger partial charge in [-0.3, -0.25) is 4.98 Å². The number of nitrogens with two attached hydrogens (primary N) is 1. The molecular weight excluding hydrogens is 228 g/mol. The number of hydrogen-bond donors (Lipinski definition) is 1. The lowest BCUT2D eigenvalue weighted by Crippen LogP contribution is -2.09. The molecule has 2 rings (SSSR count). The first kappa shape index (κ1) is 12.1. The number of rotatable bonds is 3. The zero-order chi connectivity index (χ0) is 13.0. The van der Waals surface area contributed by atoms with E-state index in [4.69, 9.17) is 10.5 Å². The third-order valence-electron chi connectivity index (χ3n) is 2.55. The molecule has 0 amide bonds. The second-order valence-corrected chi connectivity index (χ2v) is 3.97. The maximum absolute atomic E-state index is 11.9. The molecule has 0 radical (unpaired) electrons. The Bertz CT molecular complexity index is 541. The van der Waals surface area contributed by atoms with Crippen LogP contribution in [0.1, 0.15) is 28.9 Å². The SMILES string of the molecule is CC(OC(=O)c1cncc(N)c1)c1ccccc1. The first-order chi connectivity index (χ1) is 8.66. The Morgan fingerprint density at radius 2 is 2.00 bits per heavy atom. The summed E-state index contributed by atoms with van der Waals surface area (Å²) >= 11 is 0. The number of nitrogen functional groups attached to an aromatic ring is 1. The quantitative estimate of drug-likeness (QED) is 0.840. The van der Waals surface area contributed by atoms with E-state index in [0.717, 1.165) is 5.56 Å². The van der Waals surface area contributed by atoms with Crippen LogP contribution >= 0.6 is 0 Å². The van der Waals surface area contributed by atoms with E-state index >= 15 is 0 Å². The minimum absolute atomic E-state index is 0.305. The van der Waals surface area contributed by atoms with Gasteiger partial charge in [-0.1, -0.05) is 30.3 Å². The average Bonchev–Trinajstić information content (AvgIpc) is 2.39. The summed E-state index contributed by atoms with van der Waals surface area (Å²) < 4.78 is 5.34. The smallest absolute Gasteiger partial charge is 0.340 e. The van der Waals surface area contributed by atoms with Crippen LogP contribution in [-0.4, -0.2) is 11.0 Å². The van der Waals surface area contributed by atoms with Crippen molar-refractivity contribution in [2.45, 2.75) is 13.0 Å². The average molecular weight is 242 g/mol. The summed E-state index contributed by atoms with van der Waals surface area (Å²) in [5.41, 5.74) is 7.32. The largest absolute Gasteiger partial charge is 0.454 e. The van der Waals surface area contributed by atoms with Gasteiger partial charge in [-0.05, 0) is 18.6 Å². The van der Waals surface area contributed by atoms with Gasteiger partial charge in [0.05, 0.1) is 11.3 Å². The molecule has 2 N–H and O–H groups in total. The maximum Gasteiger partial charge on any atom is 0.340 e. The highest BCUT2D eigenvalue weighted by Gasteiger charge is 2.13. The molecule has 0 bridgehead atoms. The van der Waals surface area contributed by atoms with E-state index in [-0.39, 0.29) is 6.10 Å². The highest BCUT2D eigenvalue weighted by molar-refractivity contribution is 5.90. The Morgan fingerprint density at radius 3 is 2.67 bits per heavy atom. The molecule has 0 aliphatic heterocycles. The van der Waals surface area contributed by atoms with E-state index < -0.39 is 5.97 Å². The third-order valence-corrected chi connectivity index (χ3v) is 2.55. The highest BCUT2D eigenvalue weighted by Crippen LogP contribution is 2.18. The number of carbonyl (C=O) groups excluding carboxylic acids is 1. The van der Waals surface area contributed by atoms with E-state index in [2.05, 4.69) is 4.98 Å². The highest BCUT2D eigenvalue weighted by atomic mass is 16.5. The molecule has 4 nitrogen and oxygen atoms in total.